The first-order valence-corrected chi connectivity index (χ1v) is 5.97. The van der Waals surface area contributed by atoms with Crippen LogP contribution in [0.4, 0.5) is 0 Å². The highest BCUT2D eigenvalue weighted by Gasteiger charge is 2.14. The molecule has 0 radical (unpaired) electrons. The van der Waals surface area contributed by atoms with Crippen LogP contribution in [0.1, 0.15) is 21.5 Å². The molecule has 3 nitrogen and oxygen atoms in total. The molecule has 0 atom stereocenters. The number of carbonyl (C=O) groups excluding carboxylic acids is 1. The molecule has 0 bridgehead atoms. The van der Waals surface area contributed by atoms with Crippen LogP contribution in [0.25, 0.3) is 10.9 Å². The minimum absolute atomic E-state index is 0.384. The molecular formula is C13H12BrNO2. The second-order valence-corrected chi connectivity index (χ2v) is 4.75. The molecule has 0 saturated heterocycles. The van der Waals surface area contributed by atoms with Crippen molar-refractivity contribution in [3.8, 4) is 0 Å². The number of hydrogen-bond acceptors (Lipinski definition) is 3. The number of methoxy groups -OCH3 is 1. The van der Waals surface area contributed by atoms with E-state index < -0.39 is 0 Å². The molecule has 0 unspecified atom stereocenters. The van der Waals surface area contributed by atoms with Gasteiger partial charge in [-0.2, -0.15) is 0 Å². The Bertz CT molecular complexity index is 608. The van der Waals surface area contributed by atoms with Gasteiger partial charge in [-0.1, -0.05) is 11.6 Å². The summed E-state index contributed by atoms with van der Waals surface area (Å²) in [7, 11) is 1.36. The van der Waals surface area contributed by atoms with E-state index in [2.05, 4.69) is 27.0 Å². The molecule has 1 aromatic carbocycles. The molecule has 2 aromatic rings. The summed E-state index contributed by atoms with van der Waals surface area (Å²) in [5.41, 5.74) is 3.58. The van der Waals surface area contributed by atoms with Gasteiger partial charge >= 0.3 is 5.97 Å². The topological polar surface area (TPSA) is 39.2 Å². The van der Waals surface area contributed by atoms with E-state index in [0.717, 1.165) is 26.5 Å². The van der Waals surface area contributed by atoms with Crippen molar-refractivity contribution in [3.63, 3.8) is 0 Å². The third-order valence-corrected chi connectivity index (χ3v) is 3.50. The zero-order valence-corrected chi connectivity index (χ0v) is 11.5. The van der Waals surface area contributed by atoms with Crippen LogP contribution in [-0.2, 0) is 4.74 Å². The average Bonchev–Trinajstić information content (AvgIpc) is 2.29. The van der Waals surface area contributed by atoms with E-state index in [4.69, 9.17) is 4.74 Å². The van der Waals surface area contributed by atoms with E-state index in [1.807, 2.05) is 19.9 Å². The second kappa shape index (κ2) is 4.45. The Hall–Kier alpha value is -1.42. The Morgan fingerprint density at radius 1 is 1.35 bits per heavy atom. The molecule has 1 heterocycles. The van der Waals surface area contributed by atoms with E-state index in [0.29, 0.717) is 5.56 Å². The number of benzene rings is 1. The zero-order valence-electron chi connectivity index (χ0n) is 9.87. The van der Waals surface area contributed by atoms with Gasteiger partial charge in [-0.3, -0.25) is 4.98 Å². The van der Waals surface area contributed by atoms with Gasteiger partial charge < -0.3 is 4.74 Å². The summed E-state index contributed by atoms with van der Waals surface area (Å²) in [5.74, 6) is -0.384. The van der Waals surface area contributed by atoms with E-state index in [1.54, 1.807) is 6.20 Å². The van der Waals surface area contributed by atoms with Gasteiger partial charge in [0, 0.05) is 16.1 Å². The molecule has 0 aliphatic heterocycles. The van der Waals surface area contributed by atoms with Crippen LogP contribution in [0.3, 0.4) is 0 Å². The molecule has 0 N–H and O–H groups in total. The number of aryl methyl sites for hydroxylation is 2. The lowest BCUT2D eigenvalue weighted by Crippen LogP contribution is -2.04. The van der Waals surface area contributed by atoms with Crippen molar-refractivity contribution in [3.05, 3.63) is 39.5 Å². The summed E-state index contributed by atoms with van der Waals surface area (Å²) in [6.07, 6.45) is 1.54. The summed E-state index contributed by atoms with van der Waals surface area (Å²) in [5, 5.41) is 0.936. The van der Waals surface area contributed by atoms with Crippen LogP contribution < -0.4 is 0 Å². The first-order chi connectivity index (χ1) is 8.04. The lowest BCUT2D eigenvalue weighted by Gasteiger charge is -2.08. The number of hydrogen-bond donors (Lipinski definition) is 0. The number of rotatable bonds is 1. The Balaban J connectivity index is 2.79. The summed E-state index contributed by atoms with van der Waals surface area (Å²) < 4.78 is 5.45. The van der Waals surface area contributed by atoms with Crippen molar-refractivity contribution in [2.75, 3.05) is 7.11 Å². The first kappa shape index (κ1) is 12.0. The van der Waals surface area contributed by atoms with Gasteiger partial charge in [0.15, 0.2) is 0 Å². The largest absolute Gasteiger partial charge is 0.465 e. The molecule has 88 valence electrons. The van der Waals surface area contributed by atoms with Gasteiger partial charge in [0.1, 0.15) is 0 Å². The standard InChI is InChI=1S/C13H12BrNO2/c1-7-4-8(2)12-9(5-7)11(14)10(6-15-12)13(16)17-3/h4-6H,1-3H3. The number of fused-ring (bicyclic) bond motifs is 1. The molecule has 0 fully saturated rings. The molecule has 2 rings (SSSR count). The normalized spacial score (nSPS) is 10.6. The number of aromatic nitrogens is 1. The molecule has 0 aliphatic rings. The number of carbonyl (C=O) groups is 1. The highest BCUT2D eigenvalue weighted by molar-refractivity contribution is 9.10. The van der Waals surface area contributed by atoms with E-state index in [-0.39, 0.29) is 5.97 Å². The zero-order chi connectivity index (χ0) is 12.6. The van der Waals surface area contributed by atoms with E-state index >= 15 is 0 Å². The molecular weight excluding hydrogens is 282 g/mol. The summed E-state index contributed by atoms with van der Waals surface area (Å²) >= 11 is 3.45. The Labute approximate surface area is 108 Å². The average molecular weight is 294 g/mol. The van der Waals surface area contributed by atoms with Crippen LogP contribution in [0.5, 0.6) is 0 Å². The predicted octanol–water partition coefficient (Wildman–Crippen LogP) is 3.40. The fourth-order valence-corrected chi connectivity index (χ4v) is 2.45. The lowest BCUT2D eigenvalue weighted by atomic mass is 10.1. The van der Waals surface area contributed by atoms with Gasteiger partial charge in [-0.15, -0.1) is 0 Å². The quantitative estimate of drug-likeness (QED) is 0.757. The summed E-state index contributed by atoms with van der Waals surface area (Å²) in [6.45, 7) is 4.02. The van der Waals surface area contributed by atoms with E-state index in [1.165, 1.54) is 7.11 Å². The van der Waals surface area contributed by atoms with Crippen LogP contribution in [-0.4, -0.2) is 18.1 Å². The molecule has 0 spiro atoms. The number of halogens is 1. The van der Waals surface area contributed by atoms with Gasteiger partial charge in [-0.25, -0.2) is 4.79 Å². The lowest BCUT2D eigenvalue weighted by molar-refractivity contribution is 0.0599. The molecule has 4 heteroatoms. The highest BCUT2D eigenvalue weighted by atomic mass is 79.9. The summed E-state index contributed by atoms with van der Waals surface area (Å²) in [4.78, 5) is 15.9. The van der Waals surface area contributed by atoms with Crippen LogP contribution in [0, 0.1) is 13.8 Å². The Morgan fingerprint density at radius 3 is 2.71 bits per heavy atom. The van der Waals surface area contributed by atoms with Crippen molar-refractivity contribution < 1.29 is 9.53 Å². The molecule has 0 aliphatic carbocycles. The monoisotopic (exact) mass is 293 g/mol. The van der Waals surface area contributed by atoms with Gasteiger partial charge in [0.25, 0.3) is 0 Å². The third-order valence-electron chi connectivity index (χ3n) is 2.65. The maximum atomic E-state index is 11.6. The second-order valence-electron chi connectivity index (χ2n) is 3.96. The van der Waals surface area contributed by atoms with Crippen molar-refractivity contribution in [2.45, 2.75) is 13.8 Å². The van der Waals surface area contributed by atoms with Crippen molar-refractivity contribution >= 4 is 32.8 Å². The fraction of sp³-hybridized carbons (Fsp3) is 0.231. The maximum Gasteiger partial charge on any atom is 0.340 e. The molecule has 0 saturated carbocycles. The first-order valence-electron chi connectivity index (χ1n) is 5.18. The number of pyridine rings is 1. The minimum Gasteiger partial charge on any atom is -0.465 e. The van der Waals surface area contributed by atoms with Crippen molar-refractivity contribution in [2.24, 2.45) is 0 Å². The molecule has 1 aromatic heterocycles. The van der Waals surface area contributed by atoms with Crippen LogP contribution >= 0.6 is 15.9 Å². The molecule has 0 amide bonds. The van der Waals surface area contributed by atoms with Crippen LogP contribution in [0.15, 0.2) is 22.8 Å². The maximum absolute atomic E-state index is 11.6. The third kappa shape index (κ3) is 2.05. The minimum atomic E-state index is -0.384. The van der Waals surface area contributed by atoms with Crippen molar-refractivity contribution in [1.82, 2.24) is 4.98 Å². The predicted molar refractivity (Wildman–Crippen MR) is 70.3 cm³/mol. The SMILES string of the molecule is COC(=O)c1cnc2c(C)cc(C)cc2c1Br. The Morgan fingerprint density at radius 2 is 2.06 bits per heavy atom. The highest BCUT2D eigenvalue weighted by Crippen LogP contribution is 2.29. The van der Waals surface area contributed by atoms with Gasteiger partial charge in [0.05, 0.1) is 18.2 Å². The van der Waals surface area contributed by atoms with Gasteiger partial charge in [0.2, 0.25) is 0 Å². The van der Waals surface area contributed by atoms with E-state index in [9.17, 15) is 4.79 Å². The molecule has 17 heavy (non-hydrogen) atoms. The van der Waals surface area contributed by atoms with Gasteiger partial charge in [-0.05, 0) is 41.4 Å². The van der Waals surface area contributed by atoms with Crippen LogP contribution in [0.2, 0.25) is 0 Å². The number of ether oxygens (including phenoxy) is 1. The van der Waals surface area contributed by atoms with Crippen molar-refractivity contribution in [1.29, 1.82) is 0 Å². The number of esters is 1. The number of nitrogens with zero attached hydrogens (tertiary/aromatic N) is 1. The summed E-state index contributed by atoms with van der Waals surface area (Å²) in [6, 6.07) is 4.07. The Kier molecular flexibility index (Phi) is 3.15. The fourth-order valence-electron chi connectivity index (χ4n) is 1.88. The smallest absolute Gasteiger partial charge is 0.340 e.